The van der Waals surface area contributed by atoms with Gasteiger partial charge in [0.1, 0.15) is 0 Å². The fourth-order valence-corrected chi connectivity index (χ4v) is 3.22. The van der Waals surface area contributed by atoms with E-state index in [4.69, 9.17) is 0 Å². The summed E-state index contributed by atoms with van der Waals surface area (Å²) in [5.41, 5.74) is 5.39. The van der Waals surface area contributed by atoms with E-state index in [2.05, 4.69) is 85.1 Å². The lowest BCUT2D eigenvalue weighted by Crippen LogP contribution is -2.15. The maximum Gasteiger partial charge on any atom is 0.0520 e. The average molecular weight is 292 g/mol. The molecule has 0 N–H and O–H groups in total. The standard InChI is InChI=1S/C20H24N2/c1-16-18-12-7-8-13-19(18)22(15-9-14-21(2)3)20(16)17-10-5-4-6-11-17/h4-8,10-13H,9,14-15H2,1-3H3. The van der Waals surface area contributed by atoms with Gasteiger partial charge in [0.25, 0.3) is 0 Å². The fourth-order valence-electron chi connectivity index (χ4n) is 3.22. The lowest BCUT2D eigenvalue weighted by molar-refractivity contribution is 0.388. The molecular formula is C20H24N2. The molecule has 1 aromatic heterocycles. The van der Waals surface area contributed by atoms with E-state index in [0.717, 1.165) is 19.5 Å². The van der Waals surface area contributed by atoms with Crippen LogP contribution >= 0.6 is 0 Å². The Balaban J connectivity index is 2.10. The van der Waals surface area contributed by atoms with E-state index < -0.39 is 0 Å². The van der Waals surface area contributed by atoms with Gasteiger partial charge in [0.05, 0.1) is 5.69 Å². The second kappa shape index (κ2) is 6.37. The lowest BCUT2D eigenvalue weighted by atomic mass is 10.1. The maximum absolute atomic E-state index is 2.49. The van der Waals surface area contributed by atoms with E-state index in [0.29, 0.717) is 0 Å². The molecule has 22 heavy (non-hydrogen) atoms. The molecule has 2 heteroatoms. The van der Waals surface area contributed by atoms with Gasteiger partial charge >= 0.3 is 0 Å². The van der Waals surface area contributed by atoms with Gasteiger partial charge < -0.3 is 9.47 Å². The van der Waals surface area contributed by atoms with Crippen molar-refractivity contribution >= 4 is 10.9 Å². The molecule has 2 nitrogen and oxygen atoms in total. The number of hydrogen-bond donors (Lipinski definition) is 0. The number of aromatic nitrogens is 1. The topological polar surface area (TPSA) is 8.17 Å². The average Bonchev–Trinajstić information content (AvgIpc) is 2.81. The highest BCUT2D eigenvalue weighted by Crippen LogP contribution is 2.33. The molecule has 0 aliphatic heterocycles. The van der Waals surface area contributed by atoms with Crippen LogP contribution in [0.4, 0.5) is 0 Å². The molecule has 2 aromatic carbocycles. The molecular weight excluding hydrogens is 268 g/mol. The van der Waals surface area contributed by atoms with E-state index in [1.807, 2.05) is 0 Å². The van der Waals surface area contributed by atoms with Crippen LogP contribution < -0.4 is 0 Å². The minimum Gasteiger partial charge on any atom is -0.340 e. The molecule has 0 fully saturated rings. The van der Waals surface area contributed by atoms with Gasteiger partial charge in [-0.1, -0.05) is 48.5 Å². The van der Waals surface area contributed by atoms with Crippen molar-refractivity contribution in [1.82, 2.24) is 9.47 Å². The highest BCUT2D eigenvalue weighted by atomic mass is 15.1. The van der Waals surface area contributed by atoms with Crippen molar-refractivity contribution < 1.29 is 0 Å². The Bertz CT molecular complexity index is 754. The molecule has 3 rings (SSSR count). The Morgan fingerprint density at radius 3 is 2.32 bits per heavy atom. The summed E-state index contributed by atoms with van der Waals surface area (Å²) in [5.74, 6) is 0. The SMILES string of the molecule is Cc1c(-c2ccccc2)n(CCCN(C)C)c2ccccc12. The molecule has 0 aliphatic carbocycles. The smallest absolute Gasteiger partial charge is 0.0520 e. The molecule has 114 valence electrons. The van der Waals surface area contributed by atoms with E-state index in [1.54, 1.807) is 0 Å². The van der Waals surface area contributed by atoms with Gasteiger partial charge in [0.2, 0.25) is 0 Å². The first-order valence-corrected chi connectivity index (χ1v) is 7.96. The first-order chi connectivity index (χ1) is 10.7. The van der Waals surface area contributed by atoms with Crippen LogP contribution in [0.3, 0.4) is 0 Å². The molecule has 0 amide bonds. The van der Waals surface area contributed by atoms with Gasteiger partial charge in [-0.2, -0.15) is 0 Å². The Labute approximate surface area is 133 Å². The number of benzene rings is 2. The largest absolute Gasteiger partial charge is 0.340 e. The maximum atomic E-state index is 2.49. The number of para-hydroxylation sites is 1. The van der Waals surface area contributed by atoms with Crippen LogP contribution in [0, 0.1) is 6.92 Å². The molecule has 0 atom stereocenters. The predicted octanol–water partition coefficient (Wildman–Crippen LogP) is 4.57. The Kier molecular flexibility index (Phi) is 4.30. The summed E-state index contributed by atoms with van der Waals surface area (Å²) < 4.78 is 2.49. The second-order valence-electron chi connectivity index (χ2n) is 6.17. The summed E-state index contributed by atoms with van der Waals surface area (Å²) in [4.78, 5) is 2.25. The third-order valence-electron chi connectivity index (χ3n) is 4.26. The monoisotopic (exact) mass is 292 g/mol. The zero-order chi connectivity index (χ0) is 15.5. The van der Waals surface area contributed by atoms with Gasteiger partial charge in [-0.25, -0.2) is 0 Å². The van der Waals surface area contributed by atoms with Crippen molar-refractivity contribution in [3.05, 3.63) is 60.2 Å². The van der Waals surface area contributed by atoms with Crippen LogP contribution in [-0.2, 0) is 6.54 Å². The van der Waals surface area contributed by atoms with Crippen molar-refractivity contribution in [3.8, 4) is 11.3 Å². The summed E-state index contributed by atoms with van der Waals surface area (Å²) in [6, 6.07) is 19.5. The Morgan fingerprint density at radius 1 is 0.909 bits per heavy atom. The molecule has 0 bridgehead atoms. The zero-order valence-corrected chi connectivity index (χ0v) is 13.7. The fraction of sp³-hybridized carbons (Fsp3) is 0.300. The number of fused-ring (bicyclic) bond motifs is 1. The highest BCUT2D eigenvalue weighted by Gasteiger charge is 2.14. The van der Waals surface area contributed by atoms with Crippen LogP contribution in [0.1, 0.15) is 12.0 Å². The summed E-state index contributed by atoms with van der Waals surface area (Å²) in [5, 5.41) is 1.37. The number of rotatable bonds is 5. The molecule has 1 heterocycles. The van der Waals surface area contributed by atoms with Gasteiger partial charge in [-0.3, -0.25) is 0 Å². The molecule has 0 aliphatic rings. The van der Waals surface area contributed by atoms with Gasteiger partial charge in [-0.05, 0) is 51.2 Å². The minimum atomic E-state index is 1.05. The summed E-state index contributed by atoms with van der Waals surface area (Å²) in [6.07, 6.45) is 1.16. The van der Waals surface area contributed by atoms with Gasteiger partial charge in [0.15, 0.2) is 0 Å². The van der Waals surface area contributed by atoms with Crippen molar-refractivity contribution in [2.45, 2.75) is 19.9 Å². The first-order valence-electron chi connectivity index (χ1n) is 7.96. The predicted molar refractivity (Wildman–Crippen MR) is 95.3 cm³/mol. The van der Waals surface area contributed by atoms with Gasteiger partial charge in [-0.15, -0.1) is 0 Å². The number of aryl methyl sites for hydroxylation is 2. The van der Waals surface area contributed by atoms with Crippen molar-refractivity contribution in [2.75, 3.05) is 20.6 Å². The van der Waals surface area contributed by atoms with E-state index in [1.165, 1.54) is 27.7 Å². The molecule has 3 aromatic rings. The molecule has 0 unspecified atom stereocenters. The Morgan fingerprint density at radius 2 is 1.59 bits per heavy atom. The number of hydrogen-bond acceptors (Lipinski definition) is 1. The third-order valence-corrected chi connectivity index (χ3v) is 4.26. The lowest BCUT2D eigenvalue weighted by Gasteiger charge is -2.14. The molecule has 0 radical (unpaired) electrons. The van der Waals surface area contributed by atoms with Crippen LogP contribution in [0.15, 0.2) is 54.6 Å². The Hall–Kier alpha value is -2.06. The summed E-state index contributed by atoms with van der Waals surface area (Å²) in [7, 11) is 4.27. The van der Waals surface area contributed by atoms with Gasteiger partial charge in [0, 0.05) is 17.4 Å². The summed E-state index contributed by atoms with van der Waals surface area (Å²) >= 11 is 0. The number of nitrogens with zero attached hydrogens (tertiary/aromatic N) is 2. The zero-order valence-electron chi connectivity index (χ0n) is 13.7. The van der Waals surface area contributed by atoms with Crippen LogP contribution in [-0.4, -0.2) is 30.1 Å². The third kappa shape index (κ3) is 2.79. The molecule has 0 saturated carbocycles. The summed E-state index contributed by atoms with van der Waals surface area (Å²) in [6.45, 7) is 4.41. The first kappa shape index (κ1) is 14.9. The van der Waals surface area contributed by atoms with E-state index >= 15 is 0 Å². The molecule has 0 spiro atoms. The van der Waals surface area contributed by atoms with E-state index in [9.17, 15) is 0 Å². The molecule has 0 saturated heterocycles. The van der Waals surface area contributed by atoms with Crippen LogP contribution in [0.2, 0.25) is 0 Å². The van der Waals surface area contributed by atoms with Crippen molar-refractivity contribution in [3.63, 3.8) is 0 Å². The minimum absolute atomic E-state index is 1.05. The van der Waals surface area contributed by atoms with Crippen molar-refractivity contribution in [2.24, 2.45) is 0 Å². The van der Waals surface area contributed by atoms with Crippen LogP contribution in [0.5, 0.6) is 0 Å². The van der Waals surface area contributed by atoms with E-state index in [-0.39, 0.29) is 0 Å². The highest BCUT2D eigenvalue weighted by molar-refractivity contribution is 5.91. The normalized spacial score (nSPS) is 11.5. The quantitative estimate of drug-likeness (QED) is 0.669. The van der Waals surface area contributed by atoms with Crippen molar-refractivity contribution in [1.29, 1.82) is 0 Å². The van der Waals surface area contributed by atoms with Crippen LogP contribution in [0.25, 0.3) is 22.2 Å². The second-order valence-corrected chi connectivity index (χ2v) is 6.17.